The van der Waals surface area contributed by atoms with Crippen LogP contribution in [0.4, 0.5) is 0 Å². The lowest BCUT2D eigenvalue weighted by atomic mass is 10.2. The van der Waals surface area contributed by atoms with Crippen LogP contribution in [0, 0.1) is 0 Å². The van der Waals surface area contributed by atoms with E-state index in [4.69, 9.17) is 4.43 Å². The van der Waals surface area contributed by atoms with Crippen LogP contribution < -0.4 is 0 Å². The van der Waals surface area contributed by atoms with Crippen LogP contribution >= 0.6 is 0 Å². The Balaban J connectivity index is 5.77. The van der Waals surface area contributed by atoms with Gasteiger partial charge in [0.05, 0.1) is 8.07 Å². The Labute approximate surface area is 153 Å². The maximum Gasteiger partial charge on any atom is 0.193 e. The van der Waals surface area contributed by atoms with Crippen LogP contribution in [0.2, 0.25) is 41.8 Å². The summed E-state index contributed by atoms with van der Waals surface area (Å²) in [4.78, 5) is 12.1. The van der Waals surface area contributed by atoms with Gasteiger partial charge in [-0.25, -0.2) is 0 Å². The van der Waals surface area contributed by atoms with Gasteiger partial charge in [0.15, 0.2) is 8.32 Å². The van der Waals surface area contributed by atoms with Crippen molar-refractivity contribution < 1.29 is 9.22 Å². The summed E-state index contributed by atoms with van der Waals surface area (Å²) in [5.41, 5.74) is 0.302. The Hall–Kier alpha value is -0.196. The fraction of sp³-hybridized carbons (Fsp3) is 0.850. The molecule has 0 N–H and O–H groups in total. The van der Waals surface area contributed by atoms with Crippen molar-refractivity contribution in [2.24, 2.45) is 0 Å². The molecular formula is C20H42O2Si2. The first-order chi connectivity index (χ1) is 11.0. The molecule has 0 spiro atoms. The summed E-state index contributed by atoms with van der Waals surface area (Å²) < 4.78 is 6.61. The summed E-state index contributed by atoms with van der Waals surface area (Å²) in [6, 6.07) is 3.64. The number of rotatable bonds is 11. The average molecular weight is 371 g/mol. The van der Waals surface area contributed by atoms with Crippen molar-refractivity contribution in [3.05, 3.63) is 12.2 Å². The van der Waals surface area contributed by atoms with Gasteiger partial charge in [-0.05, 0) is 24.6 Å². The zero-order chi connectivity index (χ0) is 19.0. The number of carbonyl (C=O) groups excluding carboxylic acids is 1. The zero-order valence-corrected chi connectivity index (χ0v) is 19.7. The minimum atomic E-state index is -1.96. The van der Waals surface area contributed by atoms with Crippen LogP contribution in [0.5, 0.6) is 0 Å². The average Bonchev–Trinajstić information content (AvgIpc) is 2.52. The topological polar surface area (TPSA) is 26.3 Å². The SMILES string of the molecule is CCC/C=C/[C@H]([C@@H](C=O)O[Si](C)(C)C(C)(C)C)[Si](CC)(CC)CC. The number of hydrogen-bond acceptors (Lipinski definition) is 2. The number of allylic oxidation sites excluding steroid dienone is 1. The second-order valence-corrected chi connectivity index (χ2v) is 18.9. The van der Waals surface area contributed by atoms with Crippen molar-refractivity contribution in [1.82, 2.24) is 0 Å². The van der Waals surface area contributed by atoms with E-state index in [1.807, 2.05) is 0 Å². The highest BCUT2D eigenvalue weighted by atomic mass is 28.4. The minimum Gasteiger partial charge on any atom is -0.407 e. The fourth-order valence-corrected chi connectivity index (χ4v) is 8.91. The molecule has 2 atom stereocenters. The van der Waals surface area contributed by atoms with Crippen LogP contribution in [0.15, 0.2) is 12.2 Å². The standard InChI is InChI=1S/C20H42O2Si2/c1-10-14-15-16-19(24(11-2,12-3)13-4)18(17-21)22-23(8,9)20(5,6)7/h15-19H,10-14H2,1-9H3/b16-15+/t18-,19-/m1/s1. The van der Waals surface area contributed by atoms with Gasteiger partial charge >= 0.3 is 0 Å². The molecule has 0 amide bonds. The Bertz CT molecular complexity index is 385. The third kappa shape index (κ3) is 5.96. The van der Waals surface area contributed by atoms with Gasteiger partial charge in [-0.2, -0.15) is 0 Å². The van der Waals surface area contributed by atoms with E-state index in [1.165, 1.54) is 18.1 Å². The lowest BCUT2D eigenvalue weighted by Gasteiger charge is -2.44. The lowest BCUT2D eigenvalue weighted by molar-refractivity contribution is -0.114. The molecule has 2 nitrogen and oxygen atoms in total. The second-order valence-electron chi connectivity index (χ2n) is 8.64. The number of aldehydes is 1. The molecule has 0 aliphatic heterocycles. The molecule has 0 aromatic carbocycles. The minimum absolute atomic E-state index is 0.126. The van der Waals surface area contributed by atoms with Gasteiger partial charge in [0.25, 0.3) is 0 Å². The summed E-state index contributed by atoms with van der Waals surface area (Å²) in [5.74, 6) is 0. The quantitative estimate of drug-likeness (QED) is 0.227. The van der Waals surface area contributed by atoms with Gasteiger partial charge in [-0.15, -0.1) is 0 Å². The molecule has 0 aliphatic carbocycles. The van der Waals surface area contributed by atoms with E-state index < -0.39 is 16.4 Å². The third-order valence-electron chi connectivity index (χ3n) is 6.34. The zero-order valence-electron chi connectivity index (χ0n) is 17.7. The van der Waals surface area contributed by atoms with Crippen LogP contribution in [-0.2, 0) is 9.22 Å². The highest BCUT2D eigenvalue weighted by Crippen LogP contribution is 2.42. The van der Waals surface area contributed by atoms with Gasteiger partial charge in [0, 0.05) is 5.54 Å². The van der Waals surface area contributed by atoms with Crippen molar-refractivity contribution in [3.8, 4) is 0 Å². The maximum absolute atomic E-state index is 12.1. The van der Waals surface area contributed by atoms with E-state index in [0.717, 1.165) is 19.1 Å². The first-order valence-electron chi connectivity index (χ1n) is 9.84. The van der Waals surface area contributed by atoms with Gasteiger partial charge in [0.2, 0.25) is 0 Å². The summed E-state index contributed by atoms with van der Waals surface area (Å²) in [6.07, 6.45) is 7.70. The number of carbonyl (C=O) groups is 1. The molecule has 0 aromatic rings. The van der Waals surface area contributed by atoms with E-state index >= 15 is 0 Å². The smallest absolute Gasteiger partial charge is 0.193 e. The van der Waals surface area contributed by atoms with E-state index in [2.05, 4.69) is 73.7 Å². The molecule has 24 heavy (non-hydrogen) atoms. The van der Waals surface area contributed by atoms with Crippen LogP contribution in [0.25, 0.3) is 0 Å². The molecular weight excluding hydrogens is 328 g/mol. The Morgan fingerprint density at radius 3 is 1.83 bits per heavy atom. The summed E-state index contributed by atoms with van der Waals surface area (Å²) in [5, 5.41) is 0.126. The molecule has 4 heteroatoms. The third-order valence-corrected chi connectivity index (χ3v) is 17.0. The van der Waals surface area contributed by atoms with Crippen molar-refractivity contribution in [2.75, 3.05) is 0 Å². The Morgan fingerprint density at radius 1 is 1.00 bits per heavy atom. The molecule has 0 aromatic heterocycles. The molecule has 0 heterocycles. The van der Waals surface area contributed by atoms with Crippen molar-refractivity contribution >= 4 is 22.7 Å². The molecule has 0 aliphatic rings. The normalized spacial score (nSPS) is 16.4. The van der Waals surface area contributed by atoms with Crippen LogP contribution in [-0.4, -0.2) is 28.8 Å². The van der Waals surface area contributed by atoms with Crippen LogP contribution in [0.3, 0.4) is 0 Å². The van der Waals surface area contributed by atoms with Gasteiger partial charge in [-0.3, -0.25) is 0 Å². The molecule has 0 radical (unpaired) electrons. The first-order valence-corrected chi connectivity index (χ1v) is 15.5. The summed E-state index contributed by atoms with van der Waals surface area (Å²) in [6.45, 7) is 20.4. The Kier molecular flexibility index (Phi) is 9.99. The lowest BCUT2D eigenvalue weighted by Crippen LogP contribution is -2.50. The van der Waals surface area contributed by atoms with Gasteiger partial charge in [-0.1, -0.05) is 85.2 Å². The summed E-state index contributed by atoms with van der Waals surface area (Å²) in [7, 11) is -3.52. The largest absolute Gasteiger partial charge is 0.407 e. The van der Waals surface area contributed by atoms with E-state index in [0.29, 0.717) is 5.54 Å². The molecule has 142 valence electrons. The van der Waals surface area contributed by atoms with Gasteiger partial charge < -0.3 is 9.22 Å². The fourth-order valence-electron chi connectivity index (χ4n) is 3.23. The molecule has 0 bridgehead atoms. The van der Waals surface area contributed by atoms with E-state index in [1.54, 1.807) is 0 Å². The maximum atomic E-state index is 12.1. The molecule has 0 rings (SSSR count). The predicted molar refractivity (Wildman–Crippen MR) is 113 cm³/mol. The molecule has 0 saturated carbocycles. The number of hydrogen-bond donors (Lipinski definition) is 0. The Morgan fingerprint density at radius 2 is 1.50 bits per heavy atom. The molecule has 0 unspecified atom stereocenters. The first kappa shape index (κ1) is 23.8. The van der Waals surface area contributed by atoms with Gasteiger partial charge in [0.1, 0.15) is 12.4 Å². The van der Waals surface area contributed by atoms with E-state index in [-0.39, 0.29) is 11.1 Å². The highest BCUT2D eigenvalue weighted by Gasteiger charge is 2.45. The number of unbranched alkanes of at least 4 members (excludes halogenated alkanes) is 1. The molecule has 0 saturated heterocycles. The van der Waals surface area contributed by atoms with E-state index in [9.17, 15) is 4.79 Å². The predicted octanol–water partition coefficient (Wildman–Crippen LogP) is 6.81. The highest BCUT2D eigenvalue weighted by molar-refractivity contribution is 6.82. The van der Waals surface area contributed by atoms with Crippen molar-refractivity contribution in [2.45, 2.75) is 109 Å². The summed E-state index contributed by atoms with van der Waals surface area (Å²) >= 11 is 0. The van der Waals surface area contributed by atoms with Crippen molar-refractivity contribution in [3.63, 3.8) is 0 Å². The van der Waals surface area contributed by atoms with Crippen molar-refractivity contribution in [1.29, 1.82) is 0 Å². The van der Waals surface area contributed by atoms with Crippen LogP contribution in [0.1, 0.15) is 61.3 Å². The second kappa shape index (κ2) is 10.1. The monoisotopic (exact) mass is 370 g/mol. The molecule has 0 fully saturated rings.